The molecule has 2 saturated heterocycles. The van der Waals surface area contributed by atoms with Gasteiger partial charge in [0.1, 0.15) is 0 Å². The number of carbonyl (C=O) groups is 2. The number of amides is 2. The fourth-order valence-electron chi connectivity index (χ4n) is 2.36. The highest BCUT2D eigenvalue weighted by Crippen LogP contribution is 2.15. The van der Waals surface area contributed by atoms with Gasteiger partial charge in [0.15, 0.2) is 0 Å². The van der Waals surface area contributed by atoms with Crippen molar-refractivity contribution >= 4 is 11.8 Å². The fourth-order valence-corrected chi connectivity index (χ4v) is 2.36. The molecular formula is C12H21N3O3. The van der Waals surface area contributed by atoms with Gasteiger partial charge in [0.25, 0.3) is 0 Å². The number of nitrogens with one attached hydrogen (secondary N) is 3. The lowest BCUT2D eigenvalue weighted by Gasteiger charge is -2.20. The Labute approximate surface area is 107 Å². The molecule has 0 aromatic rings. The molecule has 18 heavy (non-hydrogen) atoms. The van der Waals surface area contributed by atoms with E-state index in [1.807, 2.05) is 0 Å². The quantitative estimate of drug-likeness (QED) is 0.589. The van der Waals surface area contributed by atoms with Gasteiger partial charge in [-0.2, -0.15) is 0 Å². The highest BCUT2D eigenvalue weighted by molar-refractivity contribution is 5.83. The molecule has 0 saturated carbocycles. The summed E-state index contributed by atoms with van der Waals surface area (Å²) in [7, 11) is 0. The van der Waals surface area contributed by atoms with E-state index in [1.165, 1.54) is 0 Å². The van der Waals surface area contributed by atoms with Crippen LogP contribution < -0.4 is 16.0 Å². The van der Waals surface area contributed by atoms with Crippen LogP contribution in [0.15, 0.2) is 0 Å². The summed E-state index contributed by atoms with van der Waals surface area (Å²) in [4.78, 5) is 23.2. The zero-order chi connectivity index (χ0) is 13.0. The Hall–Kier alpha value is -1.14. The van der Waals surface area contributed by atoms with E-state index in [9.17, 15) is 9.59 Å². The predicted octanol–water partition coefficient (Wildman–Crippen LogP) is -0.994. The molecule has 0 aliphatic carbocycles. The fraction of sp³-hybridized carbons (Fsp3) is 0.833. The molecule has 2 fully saturated rings. The first-order chi connectivity index (χ1) is 8.70. The van der Waals surface area contributed by atoms with Crippen LogP contribution in [-0.2, 0) is 14.3 Å². The Morgan fingerprint density at radius 1 is 1.50 bits per heavy atom. The lowest BCUT2D eigenvalue weighted by molar-refractivity contribution is -0.126. The number of hydrogen-bond acceptors (Lipinski definition) is 4. The molecule has 6 heteroatoms. The standard InChI is InChI=1S/C12H21N3O3/c1-2-3-13-10-7-18-6-9(10)12(17)15-8-4-11(16)14-5-8/h8-10,13H,2-7H2,1H3,(H,14,16)(H,15,17). The normalized spacial score (nSPS) is 31.4. The van der Waals surface area contributed by atoms with Gasteiger partial charge >= 0.3 is 0 Å². The van der Waals surface area contributed by atoms with Crippen molar-refractivity contribution in [2.24, 2.45) is 5.92 Å². The van der Waals surface area contributed by atoms with Crippen molar-refractivity contribution in [1.29, 1.82) is 0 Å². The minimum atomic E-state index is -0.146. The van der Waals surface area contributed by atoms with Crippen molar-refractivity contribution in [2.45, 2.75) is 31.8 Å². The van der Waals surface area contributed by atoms with Gasteiger partial charge in [0.05, 0.1) is 25.2 Å². The molecule has 0 spiro atoms. The van der Waals surface area contributed by atoms with Gasteiger partial charge in [-0.25, -0.2) is 0 Å². The van der Waals surface area contributed by atoms with E-state index in [4.69, 9.17) is 4.74 Å². The molecule has 2 heterocycles. The maximum Gasteiger partial charge on any atom is 0.227 e. The summed E-state index contributed by atoms with van der Waals surface area (Å²) in [6.45, 7) is 4.56. The molecule has 102 valence electrons. The summed E-state index contributed by atoms with van der Waals surface area (Å²) < 4.78 is 5.37. The van der Waals surface area contributed by atoms with Crippen LogP contribution in [0.5, 0.6) is 0 Å². The van der Waals surface area contributed by atoms with E-state index in [0.717, 1.165) is 13.0 Å². The van der Waals surface area contributed by atoms with Crippen LogP contribution in [0, 0.1) is 5.92 Å². The summed E-state index contributed by atoms with van der Waals surface area (Å²) in [5.41, 5.74) is 0. The predicted molar refractivity (Wildman–Crippen MR) is 65.9 cm³/mol. The molecule has 0 radical (unpaired) electrons. The monoisotopic (exact) mass is 255 g/mol. The van der Waals surface area contributed by atoms with Crippen molar-refractivity contribution in [3.8, 4) is 0 Å². The van der Waals surface area contributed by atoms with E-state index >= 15 is 0 Å². The number of hydrogen-bond donors (Lipinski definition) is 3. The lowest BCUT2D eigenvalue weighted by atomic mass is 10.0. The summed E-state index contributed by atoms with van der Waals surface area (Å²) in [6, 6.07) is 0.0208. The van der Waals surface area contributed by atoms with Crippen molar-refractivity contribution in [1.82, 2.24) is 16.0 Å². The van der Waals surface area contributed by atoms with Crippen LogP contribution >= 0.6 is 0 Å². The molecular weight excluding hydrogens is 234 g/mol. The molecule has 2 aliphatic heterocycles. The van der Waals surface area contributed by atoms with Crippen LogP contribution in [0.3, 0.4) is 0 Å². The Kier molecular flexibility index (Phi) is 4.54. The third-order valence-electron chi connectivity index (χ3n) is 3.40. The lowest BCUT2D eigenvalue weighted by Crippen LogP contribution is -2.47. The third-order valence-corrected chi connectivity index (χ3v) is 3.40. The molecule has 2 rings (SSSR count). The van der Waals surface area contributed by atoms with E-state index in [2.05, 4.69) is 22.9 Å². The number of carbonyl (C=O) groups excluding carboxylic acids is 2. The summed E-state index contributed by atoms with van der Waals surface area (Å²) >= 11 is 0. The highest BCUT2D eigenvalue weighted by Gasteiger charge is 2.35. The van der Waals surface area contributed by atoms with Crippen molar-refractivity contribution in [3.05, 3.63) is 0 Å². The SMILES string of the molecule is CCCNC1COCC1C(=O)NC1CNC(=O)C1. The van der Waals surface area contributed by atoms with Gasteiger partial charge in [-0.15, -0.1) is 0 Å². The van der Waals surface area contributed by atoms with E-state index in [0.29, 0.717) is 26.2 Å². The minimum absolute atomic E-state index is 0.00336. The third kappa shape index (κ3) is 3.20. The Morgan fingerprint density at radius 3 is 3.00 bits per heavy atom. The zero-order valence-corrected chi connectivity index (χ0v) is 10.7. The van der Waals surface area contributed by atoms with Crippen molar-refractivity contribution in [3.63, 3.8) is 0 Å². The van der Waals surface area contributed by atoms with Crippen LogP contribution in [-0.4, -0.2) is 50.2 Å². The molecule has 2 amide bonds. The van der Waals surface area contributed by atoms with Crippen LogP contribution in [0.2, 0.25) is 0 Å². The van der Waals surface area contributed by atoms with Crippen LogP contribution in [0.1, 0.15) is 19.8 Å². The topological polar surface area (TPSA) is 79.5 Å². The maximum absolute atomic E-state index is 12.1. The first kappa shape index (κ1) is 13.3. The molecule has 6 nitrogen and oxygen atoms in total. The van der Waals surface area contributed by atoms with Crippen LogP contribution in [0.4, 0.5) is 0 Å². The number of ether oxygens (including phenoxy) is 1. The summed E-state index contributed by atoms with van der Waals surface area (Å²) in [5, 5.41) is 8.95. The highest BCUT2D eigenvalue weighted by atomic mass is 16.5. The first-order valence-electron chi connectivity index (χ1n) is 6.59. The van der Waals surface area contributed by atoms with Gasteiger partial charge in [-0.05, 0) is 13.0 Å². The van der Waals surface area contributed by atoms with Gasteiger partial charge < -0.3 is 20.7 Å². The average Bonchev–Trinajstić information content (AvgIpc) is 2.95. The first-order valence-corrected chi connectivity index (χ1v) is 6.59. The smallest absolute Gasteiger partial charge is 0.227 e. The molecule has 3 atom stereocenters. The molecule has 3 N–H and O–H groups in total. The molecule has 0 bridgehead atoms. The Balaban J connectivity index is 1.81. The Morgan fingerprint density at radius 2 is 2.33 bits per heavy atom. The summed E-state index contributed by atoms with van der Waals surface area (Å²) in [5.74, 6) is -0.154. The molecule has 2 aliphatic rings. The van der Waals surface area contributed by atoms with Crippen molar-refractivity contribution in [2.75, 3.05) is 26.3 Å². The van der Waals surface area contributed by atoms with Crippen molar-refractivity contribution < 1.29 is 14.3 Å². The second kappa shape index (κ2) is 6.15. The molecule has 3 unspecified atom stereocenters. The average molecular weight is 255 g/mol. The maximum atomic E-state index is 12.1. The second-order valence-corrected chi connectivity index (χ2v) is 4.92. The molecule has 0 aromatic carbocycles. The van der Waals surface area contributed by atoms with E-state index < -0.39 is 0 Å². The van der Waals surface area contributed by atoms with Gasteiger partial charge in [0.2, 0.25) is 11.8 Å². The van der Waals surface area contributed by atoms with Gasteiger partial charge in [0, 0.05) is 19.0 Å². The number of rotatable bonds is 5. The largest absolute Gasteiger partial charge is 0.379 e. The Bertz CT molecular complexity index is 322. The van der Waals surface area contributed by atoms with Gasteiger partial charge in [-0.3, -0.25) is 9.59 Å². The summed E-state index contributed by atoms with van der Waals surface area (Å²) in [6.07, 6.45) is 1.41. The minimum Gasteiger partial charge on any atom is -0.379 e. The van der Waals surface area contributed by atoms with Crippen LogP contribution in [0.25, 0.3) is 0 Å². The zero-order valence-electron chi connectivity index (χ0n) is 10.7. The second-order valence-electron chi connectivity index (χ2n) is 4.92. The van der Waals surface area contributed by atoms with Gasteiger partial charge in [-0.1, -0.05) is 6.92 Å². The van der Waals surface area contributed by atoms with E-state index in [1.54, 1.807) is 0 Å². The molecule has 0 aromatic heterocycles. The van der Waals surface area contributed by atoms with E-state index in [-0.39, 0.29) is 29.8 Å².